The van der Waals surface area contributed by atoms with E-state index in [-0.39, 0.29) is 0 Å². The van der Waals surface area contributed by atoms with Gasteiger partial charge in [-0.1, -0.05) is 36.4 Å². The lowest BCUT2D eigenvalue weighted by Crippen LogP contribution is -1.86. The van der Waals surface area contributed by atoms with Crippen LogP contribution >= 0.6 is 0 Å². The molecule has 0 aliphatic carbocycles. The summed E-state index contributed by atoms with van der Waals surface area (Å²) in [6, 6.07) is 21.3. The summed E-state index contributed by atoms with van der Waals surface area (Å²) in [4.78, 5) is 4.67. The largest absolute Gasteiger partial charge is 0.497 e. The molecule has 31 heavy (non-hydrogen) atoms. The summed E-state index contributed by atoms with van der Waals surface area (Å²) >= 11 is 0. The Balaban J connectivity index is 1.52. The number of oxazole rings is 1. The Labute approximate surface area is 178 Å². The minimum absolute atomic E-state index is 0.404. The maximum absolute atomic E-state index is 5.99. The first-order valence-corrected chi connectivity index (χ1v) is 9.83. The van der Waals surface area contributed by atoms with Gasteiger partial charge in [0.15, 0.2) is 5.58 Å². The van der Waals surface area contributed by atoms with Gasteiger partial charge in [0.05, 0.1) is 12.7 Å². The first-order chi connectivity index (χ1) is 15.2. The first-order valence-electron chi connectivity index (χ1n) is 9.83. The van der Waals surface area contributed by atoms with Gasteiger partial charge in [-0.3, -0.25) is 0 Å². The maximum Gasteiger partial charge on any atom is 0.250 e. The molecule has 0 fully saturated rings. The Morgan fingerprint density at radius 3 is 2.35 bits per heavy atom. The van der Waals surface area contributed by atoms with Gasteiger partial charge in [-0.2, -0.15) is 0 Å². The first kappa shape index (κ1) is 18.8. The molecule has 0 bridgehead atoms. The molecule has 6 heteroatoms. The molecule has 0 saturated carbocycles. The summed E-state index contributed by atoms with van der Waals surface area (Å²) in [5.41, 5.74) is 4.99. The molecule has 0 N–H and O–H groups in total. The van der Waals surface area contributed by atoms with Crippen LogP contribution in [0.5, 0.6) is 5.75 Å². The molecule has 152 valence electrons. The highest BCUT2D eigenvalue weighted by molar-refractivity contribution is 5.91. The van der Waals surface area contributed by atoms with Crippen LogP contribution in [-0.4, -0.2) is 22.3 Å². The van der Waals surface area contributed by atoms with Crippen molar-refractivity contribution in [1.29, 1.82) is 0 Å². The van der Waals surface area contributed by atoms with Crippen LogP contribution in [0.3, 0.4) is 0 Å². The van der Waals surface area contributed by atoms with E-state index in [0.29, 0.717) is 28.8 Å². The number of aromatic nitrogens is 3. The molecule has 0 spiro atoms. The minimum Gasteiger partial charge on any atom is -0.497 e. The molecule has 2 aromatic heterocycles. The lowest BCUT2D eigenvalue weighted by molar-refractivity contribution is 0.415. The highest BCUT2D eigenvalue weighted by Gasteiger charge is 2.19. The second kappa shape index (κ2) is 7.91. The summed E-state index contributed by atoms with van der Waals surface area (Å²) in [7, 11) is 1.63. The molecule has 0 aliphatic rings. The normalized spacial score (nSPS) is 11.4. The molecule has 5 aromatic rings. The van der Waals surface area contributed by atoms with E-state index in [4.69, 9.17) is 13.6 Å². The summed E-state index contributed by atoms with van der Waals surface area (Å²) in [5.74, 6) is 2.12. The third kappa shape index (κ3) is 3.71. The number of fused-ring (bicyclic) bond motifs is 1. The molecule has 2 heterocycles. The minimum atomic E-state index is 0.404. The fraction of sp³-hybridized carbons (Fsp3) is 0.0800. The van der Waals surface area contributed by atoms with Gasteiger partial charge >= 0.3 is 0 Å². The highest BCUT2D eigenvalue weighted by atomic mass is 16.5. The van der Waals surface area contributed by atoms with Gasteiger partial charge in [0.2, 0.25) is 11.8 Å². The fourth-order valence-electron chi connectivity index (χ4n) is 3.36. The van der Waals surface area contributed by atoms with Crippen LogP contribution < -0.4 is 4.74 Å². The topological polar surface area (TPSA) is 74.2 Å². The smallest absolute Gasteiger partial charge is 0.250 e. The Morgan fingerprint density at radius 1 is 0.806 bits per heavy atom. The zero-order valence-corrected chi connectivity index (χ0v) is 17.1. The van der Waals surface area contributed by atoms with E-state index >= 15 is 0 Å². The molecule has 0 amide bonds. The molecule has 0 atom stereocenters. The van der Waals surface area contributed by atoms with Gasteiger partial charge in [-0.15, -0.1) is 10.2 Å². The van der Waals surface area contributed by atoms with Crippen LogP contribution in [0.15, 0.2) is 75.6 Å². The Hall–Kier alpha value is -4.19. The van der Waals surface area contributed by atoms with Crippen molar-refractivity contribution in [3.8, 4) is 28.7 Å². The molecule has 3 aromatic carbocycles. The number of ether oxygens (including phenoxy) is 1. The quantitative estimate of drug-likeness (QED) is 0.353. The van der Waals surface area contributed by atoms with Crippen molar-refractivity contribution in [1.82, 2.24) is 15.2 Å². The van der Waals surface area contributed by atoms with E-state index in [9.17, 15) is 0 Å². The van der Waals surface area contributed by atoms with Crippen LogP contribution in [-0.2, 0) is 0 Å². The van der Waals surface area contributed by atoms with E-state index in [0.717, 1.165) is 28.0 Å². The van der Waals surface area contributed by atoms with Crippen LogP contribution in [0.2, 0.25) is 0 Å². The van der Waals surface area contributed by atoms with Crippen molar-refractivity contribution < 1.29 is 13.6 Å². The summed E-state index contributed by atoms with van der Waals surface area (Å²) in [5, 5.41) is 8.49. The number of rotatable bonds is 5. The van der Waals surface area contributed by atoms with Gasteiger partial charge in [0, 0.05) is 11.6 Å². The van der Waals surface area contributed by atoms with Crippen molar-refractivity contribution in [3.63, 3.8) is 0 Å². The number of methoxy groups -OCH3 is 1. The van der Waals surface area contributed by atoms with Crippen molar-refractivity contribution in [3.05, 3.63) is 83.7 Å². The lowest BCUT2D eigenvalue weighted by atomic mass is 10.1. The zero-order chi connectivity index (χ0) is 21.2. The van der Waals surface area contributed by atoms with Gasteiger partial charge in [0.25, 0.3) is 5.89 Å². The lowest BCUT2D eigenvalue weighted by Gasteiger charge is -2.01. The van der Waals surface area contributed by atoms with Crippen LogP contribution in [0.1, 0.15) is 17.0 Å². The van der Waals surface area contributed by atoms with Gasteiger partial charge in [-0.25, -0.2) is 4.98 Å². The van der Waals surface area contributed by atoms with Crippen molar-refractivity contribution >= 4 is 23.3 Å². The summed E-state index contributed by atoms with van der Waals surface area (Å²) in [6.07, 6.45) is 3.82. The van der Waals surface area contributed by atoms with E-state index in [2.05, 4.69) is 15.2 Å². The second-order valence-electron chi connectivity index (χ2n) is 7.04. The standard InChI is InChI=1S/C25H19N3O3/c1-16-8-14-20-23(26-21(30-20)15-9-17-6-4-3-5-7-17)22(16)25-28-27-24(31-25)18-10-12-19(29-2)13-11-18/h3-15H,1-2H3/b15-9+. The summed E-state index contributed by atoms with van der Waals surface area (Å²) in [6.45, 7) is 1.99. The van der Waals surface area contributed by atoms with E-state index in [1.807, 2.05) is 85.8 Å². The van der Waals surface area contributed by atoms with Crippen molar-refractivity contribution in [2.75, 3.05) is 7.11 Å². The zero-order valence-electron chi connectivity index (χ0n) is 17.1. The number of hydrogen-bond acceptors (Lipinski definition) is 6. The number of aryl methyl sites for hydroxylation is 1. The third-order valence-corrected chi connectivity index (χ3v) is 4.98. The molecule has 0 aliphatic heterocycles. The predicted octanol–water partition coefficient (Wildman–Crippen LogP) is 6.03. The van der Waals surface area contributed by atoms with Gasteiger partial charge < -0.3 is 13.6 Å². The molecular weight excluding hydrogens is 390 g/mol. The third-order valence-electron chi connectivity index (χ3n) is 4.98. The molecule has 0 radical (unpaired) electrons. The van der Waals surface area contributed by atoms with Crippen LogP contribution in [0.25, 0.3) is 46.2 Å². The average molecular weight is 409 g/mol. The van der Waals surface area contributed by atoms with Crippen molar-refractivity contribution in [2.24, 2.45) is 0 Å². The summed E-state index contributed by atoms with van der Waals surface area (Å²) < 4.78 is 17.1. The van der Waals surface area contributed by atoms with Crippen LogP contribution in [0.4, 0.5) is 0 Å². The Bertz CT molecular complexity index is 1370. The highest BCUT2D eigenvalue weighted by Crippen LogP contribution is 2.33. The Kier molecular flexibility index (Phi) is 4.80. The van der Waals surface area contributed by atoms with Gasteiger partial charge in [0.1, 0.15) is 11.3 Å². The number of benzene rings is 3. The van der Waals surface area contributed by atoms with Gasteiger partial charge in [-0.05, 0) is 54.5 Å². The SMILES string of the molecule is COc1ccc(-c2nnc(-c3c(C)ccc4oc(/C=C/c5ccccc5)nc34)o2)cc1. The predicted molar refractivity (Wildman–Crippen MR) is 119 cm³/mol. The van der Waals surface area contributed by atoms with Crippen molar-refractivity contribution in [2.45, 2.75) is 6.92 Å². The average Bonchev–Trinajstić information content (AvgIpc) is 3.46. The van der Waals surface area contributed by atoms with E-state index < -0.39 is 0 Å². The molecule has 0 unspecified atom stereocenters. The van der Waals surface area contributed by atoms with E-state index in [1.165, 1.54) is 0 Å². The molecule has 0 saturated heterocycles. The van der Waals surface area contributed by atoms with Crippen LogP contribution in [0, 0.1) is 6.92 Å². The molecule has 5 rings (SSSR count). The maximum atomic E-state index is 5.99. The molecule has 6 nitrogen and oxygen atoms in total. The molecular formula is C25H19N3O3. The monoisotopic (exact) mass is 409 g/mol. The van der Waals surface area contributed by atoms with E-state index in [1.54, 1.807) is 7.11 Å². The number of hydrogen-bond donors (Lipinski definition) is 0. The second-order valence-corrected chi connectivity index (χ2v) is 7.04. The number of nitrogens with zero attached hydrogens (tertiary/aromatic N) is 3. The Morgan fingerprint density at radius 2 is 1.58 bits per heavy atom. The fourth-order valence-corrected chi connectivity index (χ4v) is 3.36.